The van der Waals surface area contributed by atoms with Gasteiger partial charge in [0, 0.05) is 7.05 Å². The number of allylic oxidation sites excluding steroid dienone is 2. The molecule has 4 aliphatic carbocycles. The summed E-state index contributed by atoms with van der Waals surface area (Å²) in [5, 5.41) is 0. The second kappa shape index (κ2) is 2.73. The van der Waals surface area contributed by atoms with E-state index in [1.165, 1.54) is 11.3 Å². The van der Waals surface area contributed by atoms with Crippen LogP contribution in [0.4, 0.5) is 0 Å². The predicted molar refractivity (Wildman–Crippen MR) is 64.1 cm³/mol. The summed E-state index contributed by atoms with van der Waals surface area (Å²) in [4.78, 5) is 25.9. The first-order valence-corrected chi connectivity index (χ1v) is 7.18. The summed E-state index contributed by atoms with van der Waals surface area (Å²) < 4.78 is 0. The number of hydrogen-bond acceptors (Lipinski definition) is 2. The summed E-state index contributed by atoms with van der Waals surface area (Å²) in [6.45, 7) is 0. The molecule has 3 heteroatoms. The van der Waals surface area contributed by atoms with Gasteiger partial charge in [0.1, 0.15) is 0 Å². The summed E-state index contributed by atoms with van der Waals surface area (Å²) in [6, 6.07) is 0. The molecule has 0 spiro atoms. The van der Waals surface area contributed by atoms with Gasteiger partial charge in [0.15, 0.2) is 0 Å². The average Bonchev–Trinajstić information content (AvgIpc) is 3.11. The summed E-state index contributed by atoms with van der Waals surface area (Å²) >= 11 is 0. The van der Waals surface area contributed by atoms with Crippen molar-refractivity contribution in [2.24, 2.45) is 47.3 Å². The summed E-state index contributed by atoms with van der Waals surface area (Å²) in [7, 11) is 1.67. The second-order valence-corrected chi connectivity index (χ2v) is 6.95. The van der Waals surface area contributed by atoms with E-state index in [9.17, 15) is 9.59 Å². The van der Waals surface area contributed by atoms with E-state index in [2.05, 4.69) is 12.2 Å². The lowest BCUT2D eigenvalue weighted by Crippen LogP contribution is -2.38. The zero-order valence-corrected chi connectivity index (χ0v) is 10.5. The van der Waals surface area contributed by atoms with Gasteiger partial charge in [-0.05, 0) is 48.3 Å². The zero-order chi connectivity index (χ0) is 12.2. The van der Waals surface area contributed by atoms with Gasteiger partial charge in [0.25, 0.3) is 0 Å². The van der Waals surface area contributed by atoms with E-state index in [0.29, 0.717) is 23.7 Å². The fraction of sp³-hybridized carbons (Fsp3) is 0.733. The lowest BCUT2D eigenvalue weighted by molar-refractivity contribution is -0.139. The summed E-state index contributed by atoms with van der Waals surface area (Å²) in [5.41, 5.74) is 0. The van der Waals surface area contributed by atoms with Crippen LogP contribution in [-0.4, -0.2) is 23.8 Å². The van der Waals surface area contributed by atoms with Crippen LogP contribution >= 0.6 is 0 Å². The van der Waals surface area contributed by atoms with E-state index in [4.69, 9.17) is 0 Å². The monoisotopic (exact) mass is 243 g/mol. The Hall–Kier alpha value is -1.12. The number of nitrogens with zero attached hydrogens (tertiary/aromatic N) is 1. The van der Waals surface area contributed by atoms with Crippen LogP contribution in [0.2, 0.25) is 0 Å². The average molecular weight is 243 g/mol. The molecule has 5 rings (SSSR count). The first-order chi connectivity index (χ1) is 8.68. The maximum atomic E-state index is 12.3. The predicted octanol–water partition coefficient (Wildman–Crippen LogP) is 1.31. The number of amides is 2. The molecular weight excluding hydrogens is 226 g/mol. The molecule has 0 N–H and O–H groups in total. The molecule has 2 amide bonds. The molecule has 8 unspecified atom stereocenters. The third-order valence-corrected chi connectivity index (χ3v) is 6.66. The van der Waals surface area contributed by atoms with Gasteiger partial charge >= 0.3 is 0 Å². The van der Waals surface area contributed by atoms with E-state index in [-0.39, 0.29) is 23.7 Å². The minimum Gasteiger partial charge on any atom is -0.285 e. The first-order valence-electron chi connectivity index (χ1n) is 7.18. The Labute approximate surface area is 106 Å². The smallest absolute Gasteiger partial charge is 0.233 e. The molecule has 4 bridgehead atoms. The molecule has 1 aliphatic heterocycles. The Morgan fingerprint density at radius 1 is 0.944 bits per heavy atom. The van der Waals surface area contributed by atoms with Crippen LogP contribution in [0.1, 0.15) is 12.8 Å². The lowest BCUT2D eigenvalue weighted by Gasteiger charge is -2.36. The number of likely N-dealkylation sites (tertiary alicyclic amines) is 1. The molecule has 0 aromatic carbocycles. The molecule has 0 radical (unpaired) electrons. The second-order valence-electron chi connectivity index (χ2n) is 6.95. The van der Waals surface area contributed by atoms with Gasteiger partial charge in [0.2, 0.25) is 11.8 Å². The van der Waals surface area contributed by atoms with Crippen LogP contribution in [0.3, 0.4) is 0 Å². The van der Waals surface area contributed by atoms with Gasteiger partial charge in [-0.2, -0.15) is 0 Å². The SMILES string of the molecule is CN1C(=O)C2C3CC(C2C1=O)C1C2C=CC(C2)C31. The number of rotatable bonds is 0. The standard InChI is InChI=1S/C15H17NO2/c1-16-14(17)12-8-5-9(13(12)15(16)18)11-7-3-2-6(4-7)10(8)11/h2-3,6-13H,4-5H2,1H3. The highest BCUT2D eigenvalue weighted by Crippen LogP contribution is 2.70. The Morgan fingerprint density at radius 3 is 1.94 bits per heavy atom. The Balaban J connectivity index is 1.62. The fourth-order valence-corrected chi connectivity index (χ4v) is 6.27. The van der Waals surface area contributed by atoms with Crippen LogP contribution in [0.25, 0.3) is 0 Å². The lowest BCUT2D eigenvalue weighted by atomic mass is 9.65. The highest BCUT2D eigenvalue weighted by molar-refractivity contribution is 6.05. The van der Waals surface area contributed by atoms with Crippen molar-refractivity contribution in [3.63, 3.8) is 0 Å². The molecule has 0 aromatic rings. The summed E-state index contributed by atoms with van der Waals surface area (Å²) in [5.74, 6) is 4.18. The number of carbonyl (C=O) groups is 2. The van der Waals surface area contributed by atoms with Gasteiger partial charge in [-0.1, -0.05) is 12.2 Å². The number of fused-ring (bicyclic) bond motifs is 12. The minimum atomic E-state index is 0.0431. The van der Waals surface area contributed by atoms with Crippen LogP contribution in [0.15, 0.2) is 12.2 Å². The van der Waals surface area contributed by atoms with Crippen LogP contribution in [-0.2, 0) is 9.59 Å². The molecule has 8 atom stereocenters. The molecule has 4 fully saturated rings. The van der Waals surface area contributed by atoms with Crippen molar-refractivity contribution in [1.29, 1.82) is 0 Å². The maximum Gasteiger partial charge on any atom is 0.233 e. The molecule has 3 nitrogen and oxygen atoms in total. The zero-order valence-electron chi connectivity index (χ0n) is 10.5. The van der Waals surface area contributed by atoms with Crippen molar-refractivity contribution in [3.05, 3.63) is 12.2 Å². The number of hydrogen-bond donors (Lipinski definition) is 0. The quantitative estimate of drug-likeness (QED) is 0.365. The van der Waals surface area contributed by atoms with Crippen LogP contribution in [0, 0.1) is 47.3 Å². The van der Waals surface area contributed by atoms with Crippen molar-refractivity contribution in [2.45, 2.75) is 12.8 Å². The van der Waals surface area contributed by atoms with Gasteiger partial charge < -0.3 is 0 Å². The highest BCUT2D eigenvalue weighted by Gasteiger charge is 2.70. The van der Waals surface area contributed by atoms with E-state index in [1.54, 1.807) is 7.05 Å². The Bertz CT molecular complexity index is 469. The van der Waals surface area contributed by atoms with Crippen molar-refractivity contribution >= 4 is 11.8 Å². The Morgan fingerprint density at radius 2 is 1.44 bits per heavy atom. The van der Waals surface area contributed by atoms with Gasteiger partial charge in [-0.15, -0.1) is 0 Å². The molecule has 1 saturated heterocycles. The van der Waals surface area contributed by atoms with E-state index < -0.39 is 0 Å². The Kier molecular flexibility index (Phi) is 1.48. The van der Waals surface area contributed by atoms with E-state index in [1.807, 2.05) is 0 Å². The molecule has 0 aromatic heterocycles. The van der Waals surface area contributed by atoms with Crippen LogP contribution < -0.4 is 0 Å². The fourth-order valence-electron chi connectivity index (χ4n) is 6.27. The highest BCUT2D eigenvalue weighted by atomic mass is 16.2. The van der Waals surface area contributed by atoms with Crippen LogP contribution in [0.5, 0.6) is 0 Å². The molecule has 5 aliphatic rings. The van der Waals surface area contributed by atoms with Crippen molar-refractivity contribution < 1.29 is 9.59 Å². The molecule has 94 valence electrons. The third kappa shape index (κ3) is 0.799. The molecular formula is C15H17NO2. The largest absolute Gasteiger partial charge is 0.285 e. The van der Waals surface area contributed by atoms with Crippen molar-refractivity contribution in [3.8, 4) is 0 Å². The third-order valence-electron chi connectivity index (χ3n) is 6.66. The molecule has 3 saturated carbocycles. The summed E-state index contributed by atoms with van der Waals surface area (Å²) in [6.07, 6.45) is 7.20. The van der Waals surface area contributed by atoms with E-state index in [0.717, 1.165) is 18.3 Å². The molecule has 1 heterocycles. The normalized spacial score (nSPS) is 58.8. The number of carbonyl (C=O) groups excluding carboxylic acids is 2. The van der Waals surface area contributed by atoms with Crippen molar-refractivity contribution in [1.82, 2.24) is 4.90 Å². The molecule has 18 heavy (non-hydrogen) atoms. The minimum absolute atomic E-state index is 0.0431. The number of imide groups is 1. The first kappa shape index (κ1) is 9.76. The topological polar surface area (TPSA) is 37.4 Å². The van der Waals surface area contributed by atoms with Gasteiger partial charge in [-0.25, -0.2) is 0 Å². The van der Waals surface area contributed by atoms with Gasteiger partial charge in [0.05, 0.1) is 11.8 Å². The van der Waals surface area contributed by atoms with E-state index >= 15 is 0 Å². The van der Waals surface area contributed by atoms with Gasteiger partial charge in [-0.3, -0.25) is 14.5 Å². The van der Waals surface area contributed by atoms with Crippen molar-refractivity contribution in [2.75, 3.05) is 7.05 Å². The maximum absolute atomic E-state index is 12.3.